The summed E-state index contributed by atoms with van der Waals surface area (Å²) in [7, 11) is 0. The Morgan fingerprint density at radius 1 is 1.26 bits per heavy atom. The van der Waals surface area contributed by atoms with Crippen LogP contribution in [0.3, 0.4) is 0 Å². The van der Waals surface area contributed by atoms with Gasteiger partial charge in [0.2, 0.25) is 11.8 Å². The summed E-state index contributed by atoms with van der Waals surface area (Å²) in [4.78, 5) is 39.1. The molecule has 0 saturated carbocycles. The zero-order valence-electron chi connectivity index (χ0n) is 18.2. The minimum atomic E-state index is -1.80. The molecule has 3 aromatic rings. The smallest absolute Gasteiger partial charge is 0.243 e. The fraction of sp³-hybridized carbons (Fsp3) is 0.292. The molecule has 178 valence electrons. The van der Waals surface area contributed by atoms with Crippen LogP contribution in [0.4, 0.5) is 8.78 Å². The highest BCUT2D eigenvalue weighted by molar-refractivity contribution is 6.30. The first kappa shape index (κ1) is 23.7. The number of halogens is 3. The van der Waals surface area contributed by atoms with E-state index >= 15 is 0 Å². The van der Waals surface area contributed by atoms with Gasteiger partial charge in [-0.1, -0.05) is 23.7 Å². The van der Waals surface area contributed by atoms with Crippen LogP contribution in [0, 0.1) is 5.82 Å². The van der Waals surface area contributed by atoms with Gasteiger partial charge in [-0.3, -0.25) is 14.4 Å². The Bertz CT molecular complexity index is 1330. The van der Waals surface area contributed by atoms with E-state index in [1.54, 1.807) is 6.07 Å². The Morgan fingerprint density at radius 2 is 2.00 bits per heavy atom. The number of hydrogen-bond acceptors (Lipinski definition) is 4. The molecule has 1 aliphatic rings. The molecule has 7 nitrogen and oxygen atoms in total. The quantitative estimate of drug-likeness (QED) is 0.518. The summed E-state index contributed by atoms with van der Waals surface area (Å²) in [5.74, 6) is -2.67. The van der Waals surface area contributed by atoms with Crippen LogP contribution in [0.1, 0.15) is 29.3 Å². The van der Waals surface area contributed by atoms with E-state index in [4.69, 9.17) is 17.3 Å². The first-order valence-electron chi connectivity index (χ1n) is 10.5. The van der Waals surface area contributed by atoms with E-state index in [2.05, 4.69) is 0 Å². The third-order valence-corrected chi connectivity index (χ3v) is 6.57. The highest BCUT2D eigenvalue weighted by Crippen LogP contribution is 2.36. The summed E-state index contributed by atoms with van der Waals surface area (Å²) in [6.45, 7) is 0.626. The van der Waals surface area contributed by atoms with Crippen LogP contribution in [-0.4, -0.2) is 50.4 Å². The van der Waals surface area contributed by atoms with Crippen molar-refractivity contribution in [1.82, 2.24) is 9.47 Å². The number of nitrogens with zero attached hydrogens (tertiary/aromatic N) is 2. The van der Waals surface area contributed by atoms with E-state index < -0.39 is 35.9 Å². The van der Waals surface area contributed by atoms with Crippen molar-refractivity contribution < 1.29 is 28.3 Å². The third-order valence-electron chi connectivity index (χ3n) is 6.28. The summed E-state index contributed by atoms with van der Waals surface area (Å²) < 4.78 is 30.7. The predicted molar refractivity (Wildman–Crippen MR) is 122 cm³/mol. The third kappa shape index (κ3) is 4.00. The van der Waals surface area contributed by atoms with E-state index in [0.29, 0.717) is 16.5 Å². The lowest BCUT2D eigenvalue weighted by Crippen LogP contribution is -2.58. The number of benzene rings is 2. The highest BCUT2D eigenvalue weighted by Gasteiger charge is 2.53. The lowest BCUT2D eigenvalue weighted by Gasteiger charge is -2.36. The number of amides is 2. The van der Waals surface area contributed by atoms with Crippen molar-refractivity contribution in [3.8, 4) is 5.75 Å². The average Bonchev–Trinajstić information content (AvgIpc) is 3.29. The molecule has 2 heterocycles. The molecule has 0 unspecified atom stereocenters. The molecule has 1 aromatic heterocycles. The van der Waals surface area contributed by atoms with Crippen LogP contribution in [0.25, 0.3) is 10.9 Å². The maximum atomic E-state index is 14.6. The standard InChI is InChI=1S/C24H22ClF2N3O4/c1-13(31)18-11-29(20-7-16(32)5-6-17(18)20)12-21(33)30-10-15(26)9-24(30,23(28)34)8-14-3-2-4-19(25)22(14)27/h2-7,11,15,32H,8-10,12H2,1H3,(H2,28,34)/t15-,24+/m1/s1. The number of carbonyl (C=O) groups is 3. The normalized spacial score (nSPS) is 20.1. The molecule has 2 aromatic carbocycles. The van der Waals surface area contributed by atoms with Crippen molar-refractivity contribution >= 4 is 40.1 Å². The van der Waals surface area contributed by atoms with Crippen LogP contribution in [-0.2, 0) is 22.6 Å². The molecule has 4 rings (SSSR count). The molecular formula is C24H22ClF2N3O4. The number of aromatic nitrogens is 1. The molecule has 0 bridgehead atoms. The highest BCUT2D eigenvalue weighted by atomic mass is 35.5. The molecule has 2 amide bonds. The molecule has 0 aliphatic carbocycles. The van der Waals surface area contributed by atoms with E-state index in [0.717, 1.165) is 4.90 Å². The maximum absolute atomic E-state index is 14.6. The number of phenolic OH excluding ortho intramolecular Hbond substituents is 1. The molecular weight excluding hydrogens is 468 g/mol. The van der Waals surface area contributed by atoms with Gasteiger partial charge in [0.25, 0.3) is 0 Å². The molecule has 1 fully saturated rings. The van der Waals surface area contributed by atoms with Gasteiger partial charge < -0.3 is 20.3 Å². The number of ketones is 1. The number of rotatable bonds is 6. The molecule has 2 atom stereocenters. The van der Waals surface area contributed by atoms with Crippen LogP contribution < -0.4 is 5.73 Å². The number of carbonyl (C=O) groups excluding carboxylic acids is 3. The van der Waals surface area contributed by atoms with Crippen molar-refractivity contribution in [2.24, 2.45) is 5.73 Å². The van der Waals surface area contributed by atoms with Crippen molar-refractivity contribution in [1.29, 1.82) is 0 Å². The van der Waals surface area contributed by atoms with E-state index in [1.165, 1.54) is 48.0 Å². The van der Waals surface area contributed by atoms with Gasteiger partial charge in [-0.25, -0.2) is 8.78 Å². The zero-order valence-corrected chi connectivity index (χ0v) is 19.0. The molecule has 0 spiro atoms. The van der Waals surface area contributed by atoms with Gasteiger partial charge in [0.05, 0.1) is 17.1 Å². The second kappa shape index (κ2) is 8.72. The van der Waals surface area contributed by atoms with Crippen molar-refractivity contribution in [2.75, 3.05) is 6.54 Å². The van der Waals surface area contributed by atoms with Gasteiger partial charge in [-0.05, 0) is 30.7 Å². The average molecular weight is 490 g/mol. The Morgan fingerprint density at radius 3 is 2.68 bits per heavy atom. The molecule has 10 heteroatoms. The van der Waals surface area contributed by atoms with Crippen LogP contribution in [0.2, 0.25) is 5.02 Å². The minimum absolute atomic E-state index is 0.0356. The molecule has 1 saturated heterocycles. The van der Waals surface area contributed by atoms with E-state index in [1.807, 2.05) is 0 Å². The monoisotopic (exact) mass is 489 g/mol. The molecule has 3 N–H and O–H groups in total. The van der Waals surface area contributed by atoms with Gasteiger partial charge in [-0.15, -0.1) is 0 Å². The number of alkyl halides is 1. The lowest BCUT2D eigenvalue weighted by atomic mass is 9.86. The number of aromatic hydroxyl groups is 1. The van der Waals surface area contributed by atoms with Gasteiger partial charge in [0.15, 0.2) is 5.78 Å². The molecule has 1 aliphatic heterocycles. The Balaban J connectivity index is 1.73. The summed E-state index contributed by atoms with van der Waals surface area (Å²) in [6, 6.07) is 8.62. The Kier molecular flexibility index (Phi) is 6.07. The van der Waals surface area contributed by atoms with Crippen LogP contribution in [0.5, 0.6) is 5.75 Å². The first-order valence-corrected chi connectivity index (χ1v) is 10.9. The number of hydrogen-bond donors (Lipinski definition) is 2. The number of fused-ring (bicyclic) bond motifs is 1. The second-order valence-corrected chi connectivity index (χ2v) is 8.93. The topological polar surface area (TPSA) is 106 Å². The van der Waals surface area contributed by atoms with Crippen LogP contribution >= 0.6 is 11.6 Å². The maximum Gasteiger partial charge on any atom is 0.243 e. The number of primary amides is 1. The minimum Gasteiger partial charge on any atom is -0.508 e. The number of likely N-dealkylation sites (tertiary alicyclic amines) is 1. The number of Topliss-reactive ketones (excluding diaryl/α,β-unsaturated/α-hetero) is 1. The first-order chi connectivity index (χ1) is 16.0. The summed E-state index contributed by atoms with van der Waals surface area (Å²) in [5, 5.41) is 10.3. The zero-order chi connectivity index (χ0) is 24.8. The van der Waals surface area contributed by atoms with Gasteiger partial charge >= 0.3 is 0 Å². The SMILES string of the molecule is CC(=O)c1cn(CC(=O)N2C[C@H](F)C[C@@]2(Cc2cccc(Cl)c2F)C(N)=O)c2cc(O)ccc12. The van der Waals surface area contributed by atoms with Gasteiger partial charge in [0, 0.05) is 36.1 Å². The van der Waals surface area contributed by atoms with Gasteiger partial charge in [-0.2, -0.15) is 0 Å². The Hall–Kier alpha value is -3.46. The lowest BCUT2D eigenvalue weighted by molar-refractivity contribution is -0.144. The fourth-order valence-electron chi connectivity index (χ4n) is 4.67. The van der Waals surface area contributed by atoms with Gasteiger partial charge in [0.1, 0.15) is 29.8 Å². The van der Waals surface area contributed by atoms with Crippen molar-refractivity contribution in [3.05, 3.63) is 64.6 Å². The summed E-state index contributed by atoms with van der Waals surface area (Å²) in [6.07, 6.45) is -0.800. The van der Waals surface area contributed by atoms with E-state index in [9.17, 15) is 28.3 Å². The predicted octanol–water partition coefficient (Wildman–Crippen LogP) is 3.38. The summed E-state index contributed by atoms with van der Waals surface area (Å²) in [5.41, 5.74) is 4.67. The fourth-order valence-corrected chi connectivity index (χ4v) is 4.86. The Labute approximate surface area is 198 Å². The number of nitrogens with two attached hydrogens (primary N) is 1. The summed E-state index contributed by atoms with van der Waals surface area (Å²) >= 11 is 5.86. The largest absolute Gasteiger partial charge is 0.508 e. The van der Waals surface area contributed by atoms with E-state index in [-0.39, 0.29) is 41.5 Å². The number of phenols is 1. The second-order valence-electron chi connectivity index (χ2n) is 8.52. The van der Waals surface area contributed by atoms with Crippen LogP contribution in [0.15, 0.2) is 42.6 Å². The molecule has 34 heavy (non-hydrogen) atoms. The van der Waals surface area contributed by atoms with Crippen molar-refractivity contribution in [2.45, 2.75) is 38.0 Å². The van der Waals surface area contributed by atoms with Crippen molar-refractivity contribution in [3.63, 3.8) is 0 Å². The molecule has 0 radical (unpaired) electrons.